The molecular weight excluding hydrogens is 362 g/mol. The van der Waals surface area contributed by atoms with E-state index in [0.717, 1.165) is 31.2 Å². The maximum atomic E-state index is 12.2. The molecule has 1 N–H and O–H groups in total. The molecule has 1 aliphatic rings. The SMILES string of the molecule is CCOC(=O)[C@H](O)COCCCC1CCN(C(=O)OCc2ccccc2)CC1. The fourth-order valence-corrected chi connectivity index (χ4v) is 3.19. The number of aliphatic hydroxyl groups excluding tert-OH is 1. The molecule has 1 fully saturated rings. The second kappa shape index (κ2) is 12.4. The molecule has 1 aromatic rings. The number of aliphatic hydroxyl groups is 1. The van der Waals surface area contributed by atoms with E-state index in [2.05, 4.69) is 0 Å². The Bertz CT molecular complexity index is 586. The van der Waals surface area contributed by atoms with E-state index in [1.807, 2.05) is 30.3 Å². The minimum Gasteiger partial charge on any atom is -0.464 e. The Hall–Kier alpha value is -2.12. The number of likely N-dealkylation sites (tertiary alicyclic amines) is 1. The molecule has 2 rings (SSSR count). The van der Waals surface area contributed by atoms with Crippen LogP contribution in [0.1, 0.15) is 38.2 Å². The van der Waals surface area contributed by atoms with Crippen LogP contribution in [0, 0.1) is 5.92 Å². The van der Waals surface area contributed by atoms with Gasteiger partial charge in [0.15, 0.2) is 6.10 Å². The van der Waals surface area contributed by atoms with Gasteiger partial charge in [0.1, 0.15) is 6.61 Å². The summed E-state index contributed by atoms with van der Waals surface area (Å²) in [5.74, 6) is -0.0919. The third-order valence-corrected chi connectivity index (χ3v) is 4.81. The van der Waals surface area contributed by atoms with E-state index in [9.17, 15) is 14.7 Å². The summed E-state index contributed by atoms with van der Waals surface area (Å²) < 4.78 is 15.4. The van der Waals surface area contributed by atoms with Gasteiger partial charge in [-0.25, -0.2) is 9.59 Å². The van der Waals surface area contributed by atoms with E-state index in [1.54, 1.807) is 11.8 Å². The predicted octanol–water partition coefficient (Wildman–Crippen LogP) is 2.76. The van der Waals surface area contributed by atoms with Crippen LogP contribution in [0.25, 0.3) is 0 Å². The summed E-state index contributed by atoms with van der Waals surface area (Å²) in [6.45, 7) is 4.12. The third kappa shape index (κ3) is 7.86. The zero-order chi connectivity index (χ0) is 20.2. The van der Waals surface area contributed by atoms with Crippen LogP contribution in [0.2, 0.25) is 0 Å². The Kier molecular flexibility index (Phi) is 9.79. The highest BCUT2D eigenvalue weighted by atomic mass is 16.6. The van der Waals surface area contributed by atoms with Gasteiger partial charge in [0, 0.05) is 19.7 Å². The average Bonchev–Trinajstić information content (AvgIpc) is 2.73. The van der Waals surface area contributed by atoms with Crippen LogP contribution in [0.4, 0.5) is 4.79 Å². The molecule has 1 heterocycles. The fraction of sp³-hybridized carbons (Fsp3) is 0.619. The summed E-state index contributed by atoms with van der Waals surface area (Å²) in [6.07, 6.45) is 2.29. The van der Waals surface area contributed by atoms with Crippen molar-refractivity contribution < 1.29 is 28.9 Å². The standard InChI is InChI=1S/C21H31NO6/c1-2-27-20(24)19(23)16-26-14-6-9-17-10-12-22(13-11-17)21(25)28-15-18-7-4-3-5-8-18/h3-5,7-8,17,19,23H,2,6,9-16H2,1H3/t19-/m1/s1. The van der Waals surface area contributed by atoms with Gasteiger partial charge in [-0.2, -0.15) is 0 Å². The molecule has 0 unspecified atom stereocenters. The van der Waals surface area contributed by atoms with Crippen LogP contribution in [0.3, 0.4) is 0 Å². The average molecular weight is 393 g/mol. The Balaban J connectivity index is 1.53. The van der Waals surface area contributed by atoms with Gasteiger partial charge in [-0.1, -0.05) is 30.3 Å². The number of benzene rings is 1. The molecule has 0 aromatic heterocycles. The van der Waals surface area contributed by atoms with Crippen LogP contribution in [-0.4, -0.2) is 61.1 Å². The summed E-state index contributed by atoms with van der Waals surface area (Å²) in [4.78, 5) is 25.2. The fourth-order valence-electron chi connectivity index (χ4n) is 3.19. The summed E-state index contributed by atoms with van der Waals surface area (Å²) in [7, 11) is 0. The van der Waals surface area contributed by atoms with Crippen molar-refractivity contribution in [2.45, 2.75) is 45.3 Å². The molecule has 7 nitrogen and oxygen atoms in total. The van der Waals surface area contributed by atoms with Crippen molar-refractivity contribution in [3.05, 3.63) is 35.9 Å². The van der Waals surface area contributed by atoms with Gasteiger partial charge in [-0.05, 0) is 44.1 Å². The van der Waals surface area contributed by atoms with Crippen molar-refractivity contribution in [2.75, 3.05) is 32.9 Å². The Morgan fingerprint density at radius 1 is 1.18 bits per heavy atom. The molecule has 0 aliphatic carbocycles. The molecule has 1 aliphatic heterocycles. The lowest BCUT2D eigenvalue weighted by Crippen LogP contribution is -2.38. The molecule has 28 heavy (non-hydrogen) atoms. The van der Waals surface area contributed by atoms with Gasteiger partial charge in [-0.3, -0.25) is 0 Å². The number of piperidine rings is 1. The van der Waals surface area contributed by atoms with E-state index in [0.29, 0.717) is 32.2 Å². The summed E-state index contributed by atoms with van der Waals surface area (Å²) >= 11 is 0. The van der Waals surface area contributed by atoms with Crippen molar-refractivity contribution in [3.8, 4) is 0 Å². The highest BCUT2D eigenvalue weighted by Crippen LogP contribution is 2.22. The van der Waals surface area contributed by atoms with Crippen molar-refractivity contribution >= 4 is 12.1 Å². The first-order valence-electron chi connectivity index (χ1n) is 9.98. The van der Waals surface area contributed by atoms with Crippen molar-refractivity contribution in [1.82, 2.24) is 4.90 Å². The second-order valence-corrected chi connectivity index (χ2v) is 6.96. The van der Waals surface area contributed by atoms with Crippen molar-refractivity contribution in [3.63, 3.8) is 0 Å². The molecule has 7 heteroatoms. The lowest BCUT2D eigenvalue weighted by Gasteiger charge is -2.31. The molecule has 1 aromatic carbocycles. The second-order valence-electron chi connectivity index (χ2n) is 6.96. The molecule has 0 bridgehead atoms. The van der Waals surface area contributed by atoms with E-state index in [-0.39, 0.29) is 19.3 Å². The minimum absolute atomic E-state index is 0.0372. The van der Waals surface area contributed by atoms with Crippen LogP contribution in [0.5, 0.6) is 0 Å². The monoisotopic (exact) mass is 393 g/mol. The van der Waals surface area contributed by atoms with E-state index < -0.39 is 12.1 Å². The lowest BCUT2D eigenvalue weighted by atomic mass is 9.92. The van der Waals surface area contributed by atoms with Gasteiger partial charge in [0.2, 0.25) is 0 Å². The molecule has 1 atom stereocenters. The largest absolute Gasteiger partial charge is 0.464 e. The summed E-state index contributed by atoms with van der Waals surface area (Å²) in [5.41, 5.74) is 0.985. The first-order valence-corrected chi connectivity index (χ1v) is 9.98. The zero-order valence-corrected chi connectivity index (χ0v) is 16.5. The number of carbonyl (C=O) groups excluding carboxylic acids is 2. The maximum absolute atomic E-state index is 12.2. The smallest absolute Gasteiger partial charge is 0.410 e. The summed E-state index contributed by atoms with van der Waals surface area (Å²) in [5, 5.41) is 9.55. The topological polar surface area (TPSA) is 85.3 Å². The Morgan fingerprint density at radius 3 is 2.57 bits per heavy atom. The number of rotatable bonds is 10. The van der Waals surface area contributed by atoms with Gasteiger partial charge < -0.3 is 24.2 Å². The van der Waals surface area contributed by atoms with Gasteiger partial charge >= 0.3 is 12.1 Å². The van der Waals surface area contributed by atoms with Gasteiger partial charge in [-0.15, -0.1) is 0 Å². The van der Waals surface area contributed by atoms with Crippen molar-refractivity contribution in [2.24, 2.45) is 5.92 Å². The van der Waals surface area contributed by atoms with Crippen molar-refractivity contribution in [1.29, 1.82) is 0 Å². The number of hydrogen-bond acceptors (Lipinski definition) is 6. The Morgan fingerprint density at radius 2 is 1.89 bits per heavy atom. The number of nitrogens with zero attached hydrogens (tertiary/aromatic N) is 1. The first kappa shape index (κ1) is 22.2. The van der Waals surface area contributed by atoms with Crippen LogP contribution >= 0.6 is 0 Å². The van der Waals surface area contributed by atoms with E-state index >= 15 is 0 Å². The highest BCUT2D eigenvalue weighted by Gasteiger charge is 2.23. The third-order valence-electron chi connectivity index (χ3n) is 4.81. The summed E-state index contributed by atoms with van der Waals surface area (Å²) in [6, 6.07) is 9.66. The van der Waals surface area contributed by atoms with Gasteiger partial charge in [0.05, 0.1) is 13.2 Å². The number of carbonyl (C=O) groups is 2. The van der Waals surface area contributed by atoms with Crippen LogP contribution < -0.4 is 0 Å². The predicted molar refractivity (Wildman–Crippen MR) is 104 cm³/mol. The molecule has 0 radical (unpaired) electrons. The normalized spacial score (nSPS) is 15.9. The molecule has 1 saturated heterocycles. The molecule has 1 amide bonds. The number of amides is 1. The maximum Gasteiger partial charge on any atom is 0.410 e. The number of hydrogen-bond donors (Lipinski definition) is 1. The zero-order valence-electron chi connectivity index (χ0n) is 16.5. The quantitative estimate of drug-likeness (QED) is 0.486. The van der Waals surface area contributed by atoms with E-state index in [4.69, 9.17) is 14.2 Å². The first-order chi connectivity index (χ1) is 13.6. The van der Waals surface area contributed by atoms with Gasteiger partial charge in [0.25, 0.3) is 0 Å². The molecule has 156 valence electrons. The molecule has 0 spiro atoms. The highest BCUT2D eigenvalue weighted by molar-refractivity contribution is 5.74. The Labute approximate surface area is 166 Å². The molecule has 0 saturated carbocycles. The molecular formula is C21H31NO6. The lowest BCUT2D eigenvalue weighted by molar-refractivity contribution is -0.156. The minimum atomic E-state index is -1.22. The number of esters is 1. The van der Waals surface area contributed by atoms with Crippen LogP contribution in [-0.2, 0) is 25.6 Å². The van der Waals surface area contributed by atoms with E-state index in [1.165, 1.54) is 0 Å². The number of ether oxygens (including phenoxy) is 3. The van der Waals surface area contributed by atoms with Crippen LogP contribution in [0.15, 0.2) is 30.3 Å².